The van der Waals surface area contributed by atoms with Crippen LogP contribution in [0.4, 0.5) is 4.39 Å². The van der Waals surface area contributed by atoms with E-state index in [2.05, 4.69) is 13.8 Å². The number of hydrogen-bond acceptors (Lipinski definition) is 1. The minimum atomic E-state index is -0.167. The molecule has 1 aromatic rings. The second-order valence-corrected chi connectivity index (χ2v) is 3.88. The van der Waals surface area contributed by atoms with Gasteiger partial charge in [0.2, 0.25) is 0 Å². The van der Waals surface area contributed by atoms with E-state index in [1.807, 2.05) is 6.07 Å². The SMILES string of the molecule is CCC(N)C(C)Cc1cccc(F)c1. The average Bonchev–Trinajstić information content (AvgIpc) is 2.16. The lowest BCUT2D eigenvalue weighted by Gasteiger charge is -2.18. The molecular weight excluding hydrogens is 177 g/mol. The van der Waals surface area contributed by atoms with Crippen molar-refractivity contribution < 1.29 is 4.39 Å². The van der Waals surface area contributed by atoms with E-state index in [0.717, 1.165) is 18.4 Å². The predicted octanol–water partition coefficient (Wildman–Crippen LogP) is 2.74. The van der Waals surface area contributed by atoms with Crippen LogP contribution in [0, 0.1) is 11.7 Å². The zero-order valence-corrected chi connectivity index (χ0v) is 8.83. The predicted molar refractivity (Wildman–Crippen MR) is 57.5 cm³/mol. The molecule has 0 amide bonds. The molecule has 1 nitrogen and oxygen atoms in total. The second-order valence-electron chi connectivity index (χ2n) is 3.88. The Morgan fingerprint density at radius 1 is 1.43 bits per heavy atom. The topological polar surface area (TPSA) is 26.0 Å². The molecule has 78 valence electrons. The van der Waals surface area contributed by atoms with Crippen molar-refractivity contribution in [1.29, 1.82) is 0 Å². The minimum absolute atomic E-state index is 0.167. The Hall–Kier alpha value is -0.890. The number of rotatable bonds is 4. The van der Waals surface area contributed by atoms with Gasteiger partial charge in [-0.15, -0.1) is 0 Å². The molecule has 1 rings (SSSR count). The van der Waals surface area contributed by atoms with Gasteiger partial charge in [0.05, 0.1) is 0 Å². The summed E-state index contributed by atoms with van der Waals surface area (Å²) >= 11 is 0. The largest absolute Gasteiger partial charge is 0.327 e. The Morgan fingerprint density at radius 3 is 2.71 bits per heavy atom. The maximum atomic E-state index is 12.9. The van der Waals surface area contributed by atoms with Crippen LogP contribution in [0.1, 0.15) is 25.8 Å². The van der Waals surface area contributed by atoms with Crippen LogP contribution < -0.4 is 5.73 Å². The monoisotopic (exact) mass is 195 g/mol. The average molecular weight is 195 g/mol. The fourth-order valence-electron chi connectivity index (χ4n) is 1.59. The Bertz CT molecular complexity index is 285. The summed E-state index contributed by atoms with van der Waals surface area (Å²) in [6.07, 6.45) is 1.82. The summed E-state index contributed by atoms with van der Waals surface area (Å²) in [6.45, 7) is 4.19. The van der Waals surface area contributed by atoms with Crippen molar-refractivity contribution >= 4 is 0 Å². The summed E-state index contributed by atoms with van der Waals surface area (Å²) in [5, 5.41) is 0. The molecule has 0 aromatic heterocycles. The van der Waals surface area contributed by atoms with Gasteiger partial charge < -0.3 is 5.73 Å². The van der Waals surface area contributed by atoms with E-state index in [1.165, 1.54) is 6.07 Å². The van der Waals surface area contributed by atoms with Crippen LogP contribution in [0.25, 0.3) is 0 Å². The third kappa shape index (κ3) is 3.11. The summed E-state index contributed by atoms with van der Waals surface area (Å²) in [5.74, 6) is 0.238. The Kier molecular flexibility index (Phi) is 4.08. The molecule has 0 aliphatic heterocycles. The third-order valence-electron chi connectivity index (χ3n) is 2.65. The fourth-order valence-corrected chi connectivity index (χ4v) is 1.59. The highest BCUT2D eigenvalue weighted by atomic mass is 19.1. The van der Waals surface area contributed by atoms with Crippen molar-refractivity contribution in [2.24, 2.45) is 11.7 Å². The fraction of sp³-hybridized carbons (Fsp3) is 0.500. The summed E-state index contributed by atoms with van der Waals surface area (Å²) in [5.41, 5.74) is 6.94. The van der Waals surface area contributed by atoms with Gasteiger partial charge in [0.15, 0.2) is 0 Å². The van der Waals surface area contributed by atoms with Gasteiger partial charge in [-0.2, -0.15) is 0 Å². The summed E-state index contributed by atoms with van der Waals surface area (Å²) in [4.78, 5) is 0. The number of halogens is 1. The first kappa shape index (κ1) is 11.2. The normalized spacial score (nSPS) is 15.1. The van der Waals surface area contributed by atoms with Crippen molar-refractivity contribution in [3.63, 3.8) is 0 Å². The zero-order chi connectivity index (χ0) is 10.6. The molecule has 2 heteroatoms. The van der Waals surface area contributed by atoms with Gasteiger partial charge in [0, 0.05) is 6.04 Å². The van der Waals surface area contributed by atoms with E-state index in [-0.39, 0.29) is 11.9 Å². The third-order valence-corrected chi connectivity index (χ3v) is 2.65. The lowest BCUT2D eigenvalue weighted by molar-refractivity contribution is 0.441. The molecule has 0 saturated carbocycles. The second kappa shape index (κ2) is 5.11. The van der Waals surface area contributed by atoms with E-state index in [1.54, 1.807) is 12.1 Å². The molecule has 2 unspecified atom stereocenters. The van der Waals surface area contributed by atoms with Crippen molar-refractivity contribution in [1.82, 2.24) is 0 Å². The molecule has 1 aromatic carbocycles. The van der Waals surface area contributed by atoms with E-state index in [0.29, 0.717) is 5.92 Å². The van der Waals surface area contributed by atoms with Gasteiger partial charge in [0.25, 0.3) is 0 Å². The molecule has 0 bridgehead atoms. The first-order valence-corrected chi connectivity index (χ1v) is 5.13. The van der Waals surface area contributed by atoms with Crippen LogP contribution in [-0.2, 0) is 6.42 Å². The molecule has 0 radical (unpaired) electrons. The highest BCUT2D eigenvalue weighted by Crippen LogP contribution is 2.13. The van der Waals surface area contributed by atoms with E-state index in [9.17, 15) is 4.39 Å². The summed E-state index contributed by atoms with van der Waals surface area (Å²) < 4.78 is 12.9. The highest BCUT2D eigenvalue weighted by molar-refractivity contribution is 5.16. The van der Waals surface area contributed by atoms with E-state index in [4.69, 9.17) is 5.73 Å². The summed E-state index contributed by atoms with van der Waals surface area (Å²) in [7, 11) is 0. The zero-order valence-electron chi connectivity index (χ0n) is 8.83. The molecule has 2 N–H and O–H groups in total. The Balaban J connectivity index is 2.60. The van der Waals surface area contributed by atoms with Crippen LogP contribution in [-0.4, -0.2) is 6.04 Å². The number of hydrogen-bond donors (Lipinski definition) is 1. The van der Waals surface area contributed by atoms with Crippen molar-refractivity contribution in [2.75, 3.05) is 0 Å². The van der Waals surface area contributed by atoms with Gasteiger partial charge in [-0.3, -0.25) is 0 Å². The van der Waals surface area contributed by atoms with Gasteiger partial charge >= 0.3 is 0 Å². The van der Waals surface area contributed by atoms with E-state index < -0.39 is 0 Å². The van der Waals surface area contributed by atoms with Crippen LogP contribution in [0.3, 0.4) is 0 Å². The molecule has 0 aliphatic carbocycles. The standard InChI is InChI=1S/C12H18FN/c1-3-12(14)9(2)7-10-5-4-6-11(13)8-10/h4-6,8-9,12H,3,7,14H2,1-2H3. The smallest absolute Gasteiger partial charge is 0.123 e. The molecule has 0 saturated heterocycles. The maximum absolute atomic E-state index is 12.9. The molecule has 14 heavy (non-hydrogen) atoms. The van der Waals surface area contributed by atoms with Crippen LogP contribution in [0.5, 0.6) is 0 Å². The first-order valence-electron chi connectivity index (χ1n) is 5.13. The maximum Gasteiger partial charge on any atom is 0.123 e. The van der Waals surface area contributed by atoms with E-state index >= 15 is 0 Å². The van der Waals surface area contributed by atoms with Crippen molar-refractivity contribution in [2.45, 2.75) is 32.7 Å². The van der Waals surface area contributed by atoms with Crippen LogP contribution in [0.15, 0.2) is 24.3 Å². The van der Waals surface area contributed by atoms with Crippen molar-refractivity contribution in [3.8, 4) is 0 Å². The molecule has 0 fully saturated rings. The van der Waals surface area contributed by atoms with Gasteiger partial charge in [0.1, 0.15) is 5.82 Å². The highest BCUT2D eigenvalue weighted by Gasteiger charge is 2.11. The van der Waals surface area contributed by atoms with Gasteiger partial charge in [-0.1, -0.05) is 26.0 Å². The van der Waals surface area contributed by atoms with Gasteiger partial charge in [-0.05, 0) is 36.5 Å². The van der Waals surface area contributed by atoms with Gasteiger partial charge in [-0.25, -0.2) is 4.39 Å². The lowest BCUT2D eigenvalue weighted by atomic mass is 9.93. The Morgan fingerprint density at radius 2 is 2.14 bits per heavy atom. The Labute approximate surface area is 85.1 Å². The molecule has 2 atom stereocenters. The van der Waals surface area contributed by atoms with Crippen LogP contribution in [0.2, 0.25) is 0 Å². The summed E-state index contributed by atoms with van der Waals surface area (Å²) in [6, 6.07) is 6.95. The first-order chi connectivity index (χ1) is 6.63. The van der Waals surface area contributed by atoms with Crippen molar-refractivity contribution in [3.05, 3.63) is 35.6 Å². The lowest BCUT2D eigenvalue weighted by Crippen LogP contribution is -2.28. The quantitative estimate of drug-likeness (QED) is 0.785. The molecule has 0 spiro atoms. The van der Waals surface area contributed by atoms with Crippen LogP contribution >= 0.6 is 0 Å². The number of benzene rings is 1. The molecular formula is C12H18FN. The molecule has 0 heterocycles. The molecule has 0 aliphatic rings. The number of nitrogens with two attached hydrogens (primary N) is 1. The minimum Gasteiger partial charge on any atom is -0.327 e.